The third-order valence-electron chi connectivity index (χ3n) is 3.54. The maximum Gasteiger partial charge on any atom is 0.0509 e. The summed E-state index contributed by atoms with van der Waals surface area (Å²) in [5, 5.41) is 3.72. The molecular formula is C14H29NO. The van der Waals surface area contributed by atoms with Crippen molar-refractivity contribution in [3.8, 4) is 0 Å². The van der Waals surface area contributed by atoms with Crippen molar-refractivity contribution in [2.24, 2.45) is 5.92 Å². The van der Waals surface area contributed by atoms with E-state index in [9.17, 15) is 0 Å². The van der Waals surface area contributed by atoms with E-state index in [0.29, 0.717) is 6.04 Å². The van der Waals surface area contributed by atoms with E-state index in [0.717, 1.165) is 25.7 Å². The molecule has 2 unspecified atom stereocenters. The summed E-state index contributed by atoms with van der Waals surface area (Å²) < 4.78 is 5.61. The van der Waals surface area contributed by atoms with Crippen LogP contribution in [-0.2, 0) is 4.74 Å². The predicted molar refractivity (Wildman–Crippen MR) is 69.8 cm³/mol. The van der Waals surface area contributed by atoms with Crippen molar-refractivity contribution >= 4 is 0 Å². The Labute approximate surface area is 101 Å². The number of nitrogens with one attached hydrogen (secondary N) is 1. The smallest absolute Gasteiger partial charge is 0.0509 e. The van der Waals surface area contributed by atoms with Gasteiger partial charge in [-0.25, -0.2) is 0 Å². The van der Waals surface area contributed by atoms with E-state index >= 15 is 0 Å². The Kier molecular flexibility index (Phi) is 7.87. The van der Waals surface area contributed by atoms with Crippen molar-refractivity contribution < 1.29 is 4.74 Å². The van der Waals surface area contributed by atoms with E-state index in [1.807, 2.05) is 0 Å². The highest BCUT2D eigenvalue weighted by Gasteiger charge is 2.22. The number of rotatable bonds is 8. The molecule has 0 aromatic heterocycles. The number of ether oxygens (including phenoxy) is 1. The highest BCUT2D eigenvalue weighted by atomic mass is 16.5. The third-order valence-corrected chi connectivity index (χ3v) is 3.54. The van der Waals surface area contributed by atoms with E-state index in [1.54, 1.807) is 0 Å². The molecule has 0 aromatic carbocycles. The second-order valence-corrected chi connectivity index (χ2v) is 5.03. The molecule has 0 bridgehead atoms. The molecule has 0 aliphatic carbocycles. The van der Waals surface area contributed by atoms with Crippen LogP contribution in [0.25, 0.3) is 0 Å². The van der Waals surface area contributed by atoms with Crippen LogP contribution in [0.1, 0.15) is 58.8 Å². The lowest BCUT2D eigenvalue weighted by molar-refractivity contribution is 0.0375. The largest absolute Gasteiger partial charge is 0.381 e. The van der Waals surface area contributed by atoms with Gasteiger partial charge in [0, 0.05) is 12.6 Å². The summed E-state index contributed by atoms with van der Waals surface area (Å²) in [5.41, 5.74) is 0. The van der Waals surface area contributed by atoms with Crippen molar-refractivity contribution in [3.63, 3.8) is 0 Å². The van der Waals surface area contributed by atoms with Crippen LogP contribution in [0.15, 0.2) is 0 Å². The Morgan fingerprint density at radius 1 is 1.25 bits per heavy atom. The first-order valence-electron chi connectivity index (χ1n) is 7.19. The maximum absolute atomic E-state index is 5.61. The van der Waals surface area contributed by atoms with Crippen molar-refractivity contribution in [1.29, 1.82) is 0 Å². The van der Waals surface area contributed by atoms with Crippen LogP contribution < -0.4 is 5.32 Å². The summed E-state index contributed by atoms with van der Waals surface area (Å²) >= 11 is 0. The molecule has 1 heterocycles. The van der Waals surface area contributed by atoms with Gasteiger partial charge in [0.05, 0.1) is 6.61 Å². The summed E-state index contributed by atoms with van der Waals surface area (Å²) in [6.07, 6.45) is 9.24. The lowest BCUT2D eigenvalue weighted by Gasteiger charge is -2.31. The molecule has 0 amide bonds. The van der Waals surface area contributed by atoms with E-state index in [2.05, 4.69) is 19.2 Å². The van der Waals surface area contributed by atoms with Gasteiger partial charge in [-0.15, -0.1) is 0 Å². The SMILES string of the molecule is CCCCCC(NCCC)C1CCCOC1. The minimum Gasteiger partial charge on any atom is -0.381 e. The van der Waals surface area contributed by atoms with Crippen molar-refractivity contribution in [3.05, 3.63) is 0 Å². The predicted octanol–water partition coefficient (Wildman–Crippen LogP) is 3.36. The topological polar surface area (TPSA) is 21.3 Å². The number of unbranched alkanes of at least 4 members (excludes halogenated alkanes) is 2. The number of hydrogen-bond acceptors (Lipinski definition) is 2. The van der Waals surface area contributed by atoms with E-state index < -0.39 is 0 Å². The van der Waals surface area contributed by atoms with Gasteiger partial charge in [-0.1, -0.05) is 33.1 Å². The fourth-order valence-corrected chi connectivity index (χ4v) is 2.53. The molecule has 0 spiro atoms. The van der Waals surface area contributed by atoms with Gasteiger partial charge in [-0.05, 0) is 38.1 Å². The fraction of sp³-hybridized carbons (Fsp3) is 1.00. The van der Waals surface area contributed by atoms with Gasteiger partial charge in [-0.3, -0.25) is 0 Å². The molecule has 1 aliphatic rings. The van der Waals surface area contributed by atoms with Crippen molar-refractivity contribution in [2.45, 2.75) is 64.8 Å². The van der Waals surface area contributed by atoms with E-state index in [-0.39, 0.29) is 0 Å². The minimum absolute atomic E-state index is 0.701. The van der Waals surface area contributed by atoms with Crippen LogP contribution in [0.4, 0.5) is 0 Å². The second-order valence-electron chi connectivity index (χ2n) is 5.03. The zero-order chi connectivity index (χ0) is 11.6. The molecule has 2 atom stereocenters. The van der Waals surface area contributed by atoms with Crippen LogP contribution in [0.3, 0.4) is 0 Å². The van der Waals surface area contributed by atoms with Gasteiger partial charge in [0.1, 0.15) is 0 Å². The summed E-state index contributed by atoms with van der Waals surface area (Å²) in [6.45, 7) is 7.64. The molecular weight excluding hydrogens is 198 g/mol. The van der Waals surface area contributed by atoms with Crippen LogP contribution in [-0.4, -0.2) is 25.8 Å². The molecule has 1 aliphatic heterocycles. The highest BCUT2D eigenvalue weighted by molar-refractivity contribution is 4.78. The zero-order valence-corrected chi connectivity index (χ0v) is 11.1. The molecule has 0 aromatic rings. The van der Waals surface area contributed by atoms with Gasteiger partial charge in [0.25, 0.3) is 0 Å². The van der Waals surface area contributed by atoms with Crippen LogP contribution >= 0.6 is 0 Å². The summed E-state index contributed by atoms with van der Waals surface area (Å²) in [4.78, 5) is 0. The van der Waals surface area contributed by atoms with Gasteiger partial charge >= 0.3 is 0 Å². The molecule has 1 rings (SSSR count). The normalized spacial score (nSPS) is 23.2. The Hall–Kier alpha value is -0.0800. The van der Waals surface area contributed by atoms with E-state index in [4.69, 9.17) is 4.74 Å². The zero-order valence-electron chi connectivity index (χ0n) is 11.1. The Balaban J connectivity index is 2.28. The monoisotopic (exact) mass is 227 g/mol. The Morgan fingerprint density at radius 3 is 2.75 bits per heavy atom. The highest BCUT2D eigenvalue weighted by Crippen LogP contribution is 2.21. The Morgan fingerprint density at radius 2 is 2.12 bits per heavy atom. The van der Waals surface area contributed by atoms with Gasteiger partial charge in [-0.2, -0.15) is 0 Å². The van der Waals surface area contributed by atoms with Crippen molar-refractivity contribution in [2.75, 3.05) is 19.8 Å². The lowest BCUT2D eigenvalue weighted by Crippen LogP contribution is -2.40. The molecule has 1 N–H and O–H groups in total. The molecule has 0 radical (unpaired) electrons. The number of hydrogen-bond donors (Lipinski definition) is 1. The molecule has 2 nitrogen and oxygen atoms in total. The molecule has 1 saturated heterocycles. The van der Waals surface area contributed by atoms with Crippen LogP contribution in [0, 0.1) is 5.92 Å². The average Bonchev–Trinajstić information content (AvgIpc) is 2.35. The lowest BCUT2D eigenvalue weighted by atomic mass is 9.90. The molecule has 0 saturated carbocycles. The second kappa shape index (κ2) is 9.00. The molecule has 2 heteroatoms. The molecule has 16 heavy (non-hydrogen) atoms. The third kappa shape index (κ3) is 5.31. The minimum atomic E-state index is 0.701. The van der Waals surface area contributed by atoms with Gasteiger partial charge in [0.2, 0.25) is 0 Å². The first-order valence-corrected chi connectivity index (χ1v) is 7.19. The summed E-state index contributed by atoms with van der Waals surface area (Å²) in [5.74, 6) is 0.761. The first kappa shape index (κ1) is 14.0. The fourth-order valence-electron chi connectivity index (χ4n) is 2.53. The van der Waals surface area contributed by atoms with Crippen molar-refractivity contribution in [1.82, 2.24) is 5.32 Å². The molecule has 96 valence electrons. The average molecular weight is 227 g/mol. The quantitative estimate of drug-likeness (QED) is 0.642. The summed E-state index contributed by atoms with van der Waals surface area (Å²) in [7, 11) is 0. The van der Waals surface area contributed by atoms with Crippen LogP contribution in [0.5, 0.6) is 0 Å². The van der Waals surface area contributed by atoms with Gasteiger partial charge in [0.15, 0.2) is 0 Å². The van der Waals surface area contributed by atoms with Gasteiger partial charge < -0.3 is 10.1 Å². The molecule has 1 fully saturated rings. The Bertz CT molecular complexity index is 155. The first-order chi connectivity index (χ1) is 7.88. The maximum atomic E-state index is 5.61. The van der Waals surface area contributed by atoms with Crippen LogP contribution in [0.2, 0.25) is 0 Å². The van der Waals surface area contributed by atoms with E-state index in [1.165, 1.54) is 44.9 Å². The standard InChI is InChI=1S/C14H29NO/c1-3-5-6-9-14(15-10-4-2)13-8-7-11-16-12-13/h13-15H,3-12H2,1-2H3. The summed E-state index contributed by atoms with van der Waals surface area (Å²) in [6, 6.07) is 0.701.